The lowest BCUT2D eigenvalue weighted by Crippen LogP contribution is -2.46. The van der Waals surface area contributed by atoms with Crippen molar-refractivity contribution in [3.05, 3.63) is 60.4 Å². The summed E-state index contributed by atoms with van der Waals surface area (Å²) < 4.78 is 16.5. The van der Waals surface area contributed by atoms with E-state index in [1.54, 1.807) is 23.9 Å². The van der Waals surface area contributed by atoms with Crippen molar-refractivity contribution in [2.24, 2.45) is 0 Å². The van der Waals surface area contributed by atoms with Crippen molar-refractivity contribution in [1.82, 2.24) is 30.0 Å². The summed E-state index contributed by atoms with van der Waals surface area (Å²) in [5.74, 6) is 0.234. The van der Waals surface area contributed by atoms with Crippen LogP contribution in [0.1, 0.15) is 12.5 Å². The predicted molar refractivity (Wildman–Crippen MR) is 116 cm³/mol. The summed E-state index contributed by atoms with van der Waals surface area (Å²) in [5.41, 5.74) is 1.57. The molecule has 31 heavy (non-hydrogen) atoms. The Morgan fingerprint density at radius 3 is 2.65 bits per heavy atom. The van der Waals surface area contributed by atoms with Crippen LogP contribution < -0.4 is 15.5 Å². The minimum atomic E-state index is -0.491. The topological polar surface area (TPSA) is 91.2 Å². The second kappa shape index (κ2) is 9.52. The third-order valence-electron chi connectivity index (χ3n) is 5.14. The van der Waals surface area contributed by atoms with Gasteiger partial charge in [-0.25, -0.2) is 23.8 Å². The second-order valence-electron chi connectivity index (χ2n) is 7.21. The molecule has 0 atom stereocenters. The summed E-state index contributed by atoms with van der Waals surface area (Å²) in [6.07, 6.45) is 6.95. The van der Waals surface area contributed by atoms with E-state index in [-0.39, 0.29) is 5.82 Å². The lowest BCUT2D eigenvalue weighted by molar-refractivity contribution is 0.246. The minimum Gasteiger partial charge on any atom is -0.368 e. The van der Waals surface area contributed by atoms with Gasteiger partial charge in [0.05, 0.1) is 11.9 Å². The standard InChI is InChI=1S/C21H25FN8O/c1-2-23-21(31)27-20-19(22)16(6-8-24-20)15-28-10-12-29(13-11-28)17-4-5-18(25-14-17)30-9-3-7-26-30/h3-9,14H,2,10-13,15H2,1H3,(H2,23,24,27,31). The Balaban J connectivity index is 1.34. The SMILES string of the molecule is CCNC(=O)Nc1nccc(CN2CCN(c3ccc(-n4cccn4)nc3)CC2)c1F. The average molecular weight is 424 g/mol. The van der Waals surface area contributed by atoms with Gasteiger partial charge in [-0.15, -0.1) is 0 Å². The van der Waals surface area contributed by atoms with Gasteiger partial charge in [-0.05, 0) is 31.2 Å². The van der Waals surface area contributed by atoms with E-state index in [1.165, 1.54) is 6.20 Å². The minimum absolute atomic E-state index is 0.0505. The highest BCUT2D eigenvalue weighted by atomic mass is 19.1. The molecule has 2 amide bonds. The first-order valence-corrected chi connectivity index (χ1v) is 10.3. The van der Waals surface area contributed by atoms with E-state index in [1.807, 2.05) is 30.6 Å². The lowest BCUT2D eigenvalue weighted by atomic mass is 10.2. The van der Waals surface area contributed by atoms with Crippen molar-refractivity contribution in [2.75, 3.05) is 42.9 Å². The fourth-order valence-corrected chi connectivity index (χ4v) is 3.52. The van der Waals surface area contributed by atoms with Crippen molar-refractivity contribution < 1.29 is 9.18 Å². The van der Waals surface area contributed by atoms with Gasteiger partial charge < -0.3 is 10.2 Å². The lowest BCUT2D eigenvalue weighted by Gasteiger charge is -2.36. The monoisotopic (exact) mass is 424 g/mol. The second-order valence-corrected chi connectivity index (χ2v) is 7.21. The average Bonchev–Trinajstić information content (AvgIpc) is 3.32. The number of piperazine rings is 1. The van der Waals surface area contributed by atoms with Crippen LogP contribution in [-0.2, 0) is 6.54 Å². The van der Waals surface area contributed by atoms with Gasteiger partial charge in [-0.2, -0.15) is 5.10 Å². The number of carbonyl (C=O) groups excluding carboxylic acids is 1. The zero-order chi connectivity index (χ0) is 21.6. The molecule has 1 fully saturated rings. The van der Waals surface area contributed by atoms with Gasteiger partial charge in [0, 0.05) is 63.4 Å². The maximum atomic E-state index is 14.8. The molecule has 162 valence electrons. The van der Waals surface area contributed by atoms with Crippen molar-refractivity contribution in [3.63, 3.8) is 0 Å². The molecule has 10 heteroatoms. The maximum absolute atomic E-state index is 14.8. The summed E-state index contributed by atoms with van der Waals surface area (Å²) in [6.45, 7) is 5.94. The molecule has 0 bridgehead atoms. The third kappa shape index (κ3) is 4.97. The number of amides is 2. The van der Waals surface area contributed by atoms with E-state index in [4.69, 9.17) is 0 Å². The zero-order valence-electron chi connectivity index (χ0n) is 17.3. The molecule has 4 heterocycles. The van der Waals surface area contributed by atoms with Crippen LogP contribution in [0.2, 0.25) is 0 Å². The Morgan fingerprint density at radius 2 is 1.97 bits per heavy atom. The molecule has 3 aromatic rings. The van der Waals surface area contributed by atoms with Crippen LogP contribution in [0.5, 0.6) is 0 Å². The van der Waals surface area contributed by atoms with E-state index in [2.05, 4.69) is 35.5 Å². The predicted octanol–water partition coefficient (Wildman–Crippen LogP) is 2.27. The first-order chi connectivity index (χ1) is 15.1. The number of nitrogens with zero attached hydrogens (tertiary/aromatic N) is 6. The smallest absolute Gasteiger partial charge is 0.320 e. The van der Waals surface area contributed by atoms with E-state index < -0.39 is 11.8 Å². The molecule has 3 aromatic heterocycles. The molecule has 1 aliphatic heterocycles. The number of carbonyl (C=O) groups is 1. The first kappa shape index (κ1) is 20.7. The van der Waals surface area contributed by atoms with Gasteiger partial charge in [0.15, 0.2) is 17.5 Å². The molecule has 2 N–H and O–H groups in total. The number of rotatable bonds is 6. The van der Waals surface area contributed by atoms with Gasteiger partial charge in [0.1, 0.15) is 0 Å². The Morgan fingerprint density at radius 1 is 1.13 bits per heavy atom. The van der Waals surface area contributed by atoms with Crippen LogP contribution in [0.25, 0.3) is 5.82 Å². The number of urea groups is 1. The molecule has 0 aliphatic carbocycles. The molecule has 0 spiro atoms. The number of anilines is 2. The van der Waals surface area contributed by atoms with Gasteiger partial charge in [0.25, 0.3) is 0 Å². The van der Waals surface area contributed by atoms with Crippen LogP contribution in [0.4, 0.5) is 20.7 Å². The molecule has 9 nitrogen and oxygen atoms in total. The van der Waals surface area contributed by atoms with Crippen molar-refractivity contribution in [3.8, 4) is 5.82 Å². The quantitative estimate of drug-likeness (QED) is 0.631. The van der Waals surface area contributed by atoms with Gasteiger partial charge >= 0.3 is 6.03 Å². The number of halogens is 1. The molecule has 0 radical (unpaired) electrons. The van der Waals surface area contributed by atoms with E-state index in [0.717, 1.165) is 37.7 Å². The molecular weight excluding hydrogens is 399 g/mol. The molecule has 0 aromatic carbocycles. The largest absolute Gasteiger partial charge is 0.368 e. The van der Waals surface area contributed by atoms with E-state index in [0.29, 0.717) is 18.7 Å². The summed E-state index contributed by atoms with van der Waals surface area (Å²) >= 11 is 0. The number of hydrogen-bond acceptors (Lipinski definition) is 6. The van der Waals surface area contributed by atoms with Crippen molar-refractivity contribution in [1.29, 1.82) is 0 Å². The molecular formula is C21H25FN8O. The fourth-order valence-electron chi connectivity index (χ4n) is 3.52. The zero-order valence-corrected chi connectivity index (χ0v) is 17.3. The molecule has 1 saturated heterocycles. The van der Waals surface area contributed by atoms with Crippen LogP contribution >= 0.6 is 0 Å². The number of aromatic nitrogens is 4. The molecule has 0 saturated carbocycles. The van der Waals surface area contributed by atoms with Crippen LogP contribution in [0.3, 0.4) is 0 Å². The Kier molecular flexibility index (Phi) is 6.37. The van der Waals surface area contributed by atoms with Gasteiger partial charge in [-0.1, -0.05) is 0 Å². The summed E-state index contributed by atoms with van der Waals surface area (Å²) in [7, 11) is 0. The van der Waals surface area contributed by atoms with E-state index in [9.17, 15) is 9.18 Å². The molecule has 1 aliphatic rings. The highest BCUT2D eigenvalue weighted by Gasteiger charge is 2.20. The van der Waals surface area contributed by atoms with Gasteiger partial charge in [-0.3, -0.25) is 10.2 Å². The maximum Gasteiger partial charge on any atom is 0.320 e. The third-order valence-corrected chi connectivity index (χ3v) is 5.14. The Hall–Kier alpha value is -3.53. The summed E-state index contributed by atoms with van der Waals surface area (Å²) in [6, 6.07) is 7.04. The number of hydrogen-bond donors (Lipinski definition) is 2. The summed E-state index contributed by atoms with van der Waals surface area (Å²) in [4.78, 5) is 24.6. The Labute approximate surface area is 179 Å². The van der Waals surface area contributed by atoms with Crippen molar-refractivity contribution in [2.45, 2.75) is 13.5 Å². The van der Waals surface area contributed by atoms with Crippen LogP contribution in [0, 0.1) is 5.82 Å². The van der Waals surface area contributed by atoms with Gasteiger partial charge in [0.2, 0.25) is 0 Å². The Bertz CT molecular complexity index is 1000. The number of pyridine rings is 2. The van der Waals surface area contributed by atoms with Crippen LogP contribution in [0.15, 0.2) is 49.1 Å². The van der Waals surface area contributed by atoms with E-state index >= 15 is 0 Å². The summed E-state index contributed by atoms with van der Waals surface area (Å²) in [5, 5.41) is 9.22. The first-order valence-electron chi connectivity index (χ1n) is 10.3. The normalized spacial score (nSPS) is 14.5. The van der Waals surface area contributed by atoms with Crippen molar-refractivity contribution >= 4 is 17.5 Å². The highest BCUT2D eigenvalue weighted by molar-refractivity contribution is 5.88. The molecule has 0 unspecified atom stereocenters. The highest BCUT2D eigenvalue weighted by Crippen LogP contribution is 2.20. The fraction of sp³-hybridized carbons (Fsp3) is 0.333. The molecule has 4 rings (SSSR count). The number of nitrogens with one attached hydrogen (secondary N) is 2. The van der Waals surface area contributed by atoms with Crippen LogP contribution in [-0.4, -0.2) is 63.4 Å².